The Morgan fingerprint density at radius 2 is 2.04 bits per heavy atom. The van der Waals surface area contributed by atoms with E-state index in [2.05, 4.69) is 4.98 Å². The van der Waals surface area contributed by atoms with E-state index < -0.39 is 29.8 Å². The topological polar surface area (TPSA) is 89.0 Å². The van der Waals surface area contributed by atoms with Crippen LogP contribution in [0.25, 0.3) is 10.2 Å². The molecule has 7 nitrogen and oxygen atoms in total. The molecule has 25 heavy (non-hydrogen) atoms. The van der Waals surface area contributed by atoms with Gasteiger partial charge in [0.2, 0.25) is 0 Å². The number of ether oxygens (including phenoxy) is 2. The number of thiazole rings is 1. The third kappa shape index (κ3) is 4.01. The van der Waals surface area contributed by atoms with Crippen molar-refractivity contribution in [3.05, 3.63) is 24.3 Å². The standard InChI is InChI=1S/C17H20N2O5S/c1-17(2,3)24-16(22)19-9-10(8-12(19)14(20)21)23-15-18-11-6-4-5-7-13(11)25-15/h4-7,10,12H,8-9H2,1-3H3,(H,20,21)/t10-,12+/m1/s1. The number of aliphatic carboxylic acids is 1. The maximum atomic E-state index is 12.3. The molecule has 3 rings (SSSR count). The third-order valence-corrected chi connectivity index (χ3v) is 4.64. The lowest BCUT2D eigenvalue weighted by Crippen LogP contribution is -2.43. The molecule has 2 heterocycles. The van der Waals surface area contributed by atoms with Crippen LogP contribution in [-0.4, -0.2) is 51.3 Å². The summed E-state index contributed by atoms with van der Waals surface area (Å²) in [6.07, 6.45) is -0.880. The van der Waals surface area contributed by atoms with Gasteiger partial charge in [-0.3, -0.25) is 4.90 Å². The van der Waals surface area contributed by atoms with Crippen molar-refractivity contribution in [3.8, 4) is 5.19 Å². The molecule has 0 saturated carbocycles. The summed E-state index contributed by atoms with van der Waals surface area (Å²) in [6.45, 7) is 5.38. The lowest BCUT2D eigenvalue weighted by atomic mass is 10.2. The number of benzene rings is 1. The molecule has 1 aliphatic rings. The van der Waals surface area contributed by atoms with E-state index in [1.807, 2.05) is 24.3 Å². The molecule has 134 valence electrons. The van der Waals surface area contributed by atoms with E-state index in [0.717, 1.165) is 10.2 Å². The molecule has 0 bridgehead atoms. The number of amides is 1. The molecule has 2 atom stereocenters. The summed E-state index contributed by atoms with van der Waals surface area (Å²) < 4.78 is 12.1. The number of carboxylic acid groups (broad SMARTS) is 1. The number of carbonyl (C=O) groups excluding carboxylic acids is 1. The summed E-state index contributed by atoms with van der Waals surface area (Å²) in [7, 11) is 0. The van der Waals surface area contributed by atoms with Crippen LogP contribution in [0.3, 0.4) is 0 Å². The Labute approximate surface area is 149 Å². The van der Waals surface area contributed by atoms with Crippen LogP contribution in [0.2, 0.25) is 0 Å². The molecule has 0 spiro atoms. The smallest absolute Gasteiger partial charge is 0.411 e. The highest BCUT2D eigenvalue weighted by molar-refractivity contribution is 7.20. The van der Waals surface area contributed by atoms with Crippen molar-refractivity contribution in [1.29, 1.82) is 0 Å². The molecule has 0 unspecified atom stereocenters. The predicted octanol–water partition coefficient (Wildman–Crippen LogP) is 3.14. The largest absolute Gasteiger partial charge is 0.480 e. The number of likely N-dealkylation sites (tertiary alicyclic amines) is 1. The van der Waals surface area contributed by atoms with Gasteiger partial charge < -0.3 is 14.6 Å². The molecule has 1 saturated heterocycles. The van der Waals surface area contributed by atoms with Crippen LogP contribution in [0, 0.1) is 0 Å². The lowest BCUT2D eigenvalue weighted by molar-refractivity contribution is -0.142. The van der Waals surface area contributed by atoms with E-state index in [1.54, 1.807) is 20.8 Å². The molecule has 1 aromatic heterocycles. The molecule has 1 N–H and O–H groups in total. The van der Waals surface area contributed by atoms with Gasteiger partial charge >= 0.3 is 12.1 Å². The average Bonchev–Trinajstić information content (AvgIpc) is 3.09. The van der Waals surface area contributed by atoms with Gasteiger partial charge in [0.05, 0.1) is 16.8 Å². The number of carbonyl (C=O) groups is 2. The number of rotatable bonds is 3. The molecule has 8 heteroatoms. The van der Waals surface area contributed by atoms with Crippen molar-refractivity contribution in [2.75, 3.05) is 6.54 Å². The summed E-state index contributed by atoms with van der Waals surface area (Å²) >= 11 is 1.40. The van der Waals surface area contributed by atoms with Crippen molar-refractivity contribution >= 4 is 33.6 Å². The first-order valence-corrected chi connectivity index (χ1v) is 8.79. The second kappa shape index (κ2) is 6.51. The average molecular weight is 364 g/mol. The Kier molecular flexibility index (Phi) is 4.55. The summed E-state index contributed by atoms with van der Waals surface area (Å²) in [6, 6.07) is 6.69. The van der Waals surface area contributed by atoms with Crippen LogP contribution in [0.4, 0.5) is 4.79 Å². The Morgan fingerprint density at radius 1 is 1.32 bits per heavy atom. The normalized spacial score (nSPS) is 20.7. The first-order valence-electron chi connectivity index (χ1n) is 7.97. The molecule has 1 aliphatic heterocycles. The minimum atomic E-state index is -1.07. The highest BCUT2D eigenvalue weighted by Gasteiger charge is 2.43. The lowest BCUT2D eigenvalue weighted by Gasteiger charge is -2.26. The Morgan fingerprint density at radius 3 is 2.68 bits per heavy atom. The van der Waals surface area contributed by atoms with E-state index in [1.165, 1.54) is 16.2 Å². The third-order valence-electron chi connectivity index (χ3n) is 3.72. The number of nitrogens with zero attached hydrogens (tertiary/aromatic N) is 2. The van der Waals surface area contributed by atoms with Crippen LogP contribution < -0.4 is 4.74 Å². The van der Waals surface area contributed by atoms with Crippen LogP contribution in [0.5, 0.6) is 5.19 Å². The zero-order valence-corrected chi connectivity index (χ0v) is 15.1. The molecule has 1 fully saturated rings. The van der Waals surface area contributed by atoms with E-state index in [-0.39, 0.29) is 13.0 Å². The first-order chi connectivity index (χ1) is 11.7. The van der Waals surface area contributed by atoms with E-state index >= 15 is 0 Å². The molecule has 2 aromatic rings. The zero-order valence-electron chi connectivity index (χ0n) is 14.3. The van der Waals surface area contributed by atoms with Crippen molar-refractivity contribution in [2.24, 2.45) is 0 Å². The van der Waals surface area contributed by atoms with Gasteiger partial charge in [-0.05, 0) is 32.9 Å². The second-order valence-electron chi connectivity index (χ2n) is 6.91. The van der Waals surface area contributed by atoms with Gasteiger partial charge in [-0.2, -0.15) is 0 Å². The summed E-state index contributed by atoms with van der Waals surface area (Å²) in [5.74, 6) is -1.07. The number of para-hydroxylation sites is 1. The van der Waals surface area contributed by atoms with Gasteiger partial charge in [-0.15, -0.1) is 0 Å². The van der Waals surface area contributed by atoms with Gasteiger partial charge in [0.25, 0.3) is 5.19 Å². The van der Waals surface area contributed by atoms with Gasteiger partial charge in [-0.25, -0.2) is 14.6 Å². The number of fused-ring (bicyclic) bond motifs is 1. The fraction of sp³-hybridized carbons (Fsp3) is 0.471. The van der Waals surface area contributed by atoms with E-state index in [0.29, 0.717) is 5.19 Å². The van der Waals surface area contributed by atoms with Crippen LogP contribution in [-0.2, 0) is 9.53 Å². The number of hydrogen-bond acceptors (Lipinski definition) is 6. The molecule has 0 aliphatic carbocycles. The van der Waals surface area contributed by atoms with Gasteiger partial charge in [-0.1, -0.05) is 23.5 Å². The van der Waals surface area contributed by atoms with Crippen molar-refractivity contribution in [3.63, 3.8) is 0 Å². The van der Waals surface area contributed by atoms with Gasteiger partial charge in [0.15, 0.2) is 0 Å². The molecule has 0 radical (unpaired) electrons. The minimum absolute atomic E-state index is 0.155. The van der Waals surface area contributed by atoms with Gasteiger partial charge in [0.1, 0.15) is 17.7 Å². The number of hydrogen-bond donors (Lipinski definition) is 1. The predicted molar refractivity (Wildman–Crippen MR) is 93.0 cm³/mol. The maximum absolute atomic E-state index is 12.3. The number of carboxylic acids is 1. The maximum Gasteiger partial charge on any atom is 0.411 e. The molecular weight excluding hydrogens is 344 g/mol. The molecule has 1 amide bonds. The SMILES string of the molecule is CC(C)(C)OC(=O)N1C[C@H](Oc2nc3ccccc3s2)C[C@H]1C(=O)O. The minimum Gasteiger partial charge on any atom is -0.480 e. The second-order valence-corrected chi connectivity index (χ2v) is 7.90. The fourth-order valence-corrected chi connectivity index (χ4v) is 3.56. The summed E-state index contributed by atoms with van der Waals surface area (Å²) in [5, 5.41) is 9.88. The van der Waals surface area contributed by atoms with E-state index in [4.69, 9.17) is 9.47 Å². The van der Waals surface area contributed by atoms with E-state index in [9.17, 15) is 14.7 Å². The monoisotopic (exact) mass is 364 g/mol. The fourth-order valence-electron chi connectivity index (χ4n) is 2.68. The van der Waals surface area contributed by atoms with Crippen LogP contribution in [0.15, 0.2) is 24.3 Å². The Balaban J connectivity index is 1.73. The highest BCUT2D eigenvalue weighted by atomic mass is 32.1. The quantitative estimate of drug-likeness (QED) is 0.900. The summed E-state index contributed by atoms with van der Waals surface area (Å²) in [4.78, 5) is 29.4. The van der Waals surface area contributed by atoms with Crippen molar-refractivity contribution in [1.82, 2.24) is 9.88 Å². The first kappa shape index (κ1) is 17.5. The Hall–Kier alpha value is -2.35. The summed E-state index contributed by atoms with van der Waals surface area (Å²) in [5.41, 5.74) is 0.144. The number of aromatic nitrogens is 1. The van der Waals surface area contributed by atoms with Gasteiger partial charge in [0, 0.05) is 6.42 Å². The molecular formula is C17H20N2O5S. The highest BCUT2D eigenvalue weighted by Crippen LogP contribution is 2.31. The van der Waals surface area contributed by atoms with Crippen LogP contribution in [0.1, 0.15) is 27.2 Å². The van der Waals surface area contributed by atoms with Crippen molar-refractivity contribution in [2.45, 2.75) is 44.9 Å². The zero-order chi connectivity index (χ0) is 18.2. The van der Waals surface area contributed by atoms with Crippen molar-refractivity contribution < 1.29 is 24.2 Å². The van der Waals surface area contributed by atoms with Crippen LogP contribution >= 0.6 is 11.3 Å². The Bertz CT molecular complexity index is 765. The molecule has 1 aromatic carbocycles.